The number of imidazole rings is 1. The van der Waals surface area contributed by atoms with Gasteiger partial charge in [0, 0.05) is 31.0 Å². The number of hydrogen-bond donors (Lipinski definition) is 1. The van der Waals surface area contributed by atoms with Gasteiger partial charge in [0.25, 0.3) is 0 Å². The van der Waals surface area contributed by atoms with Gasteiger partial charge >= 0.3 is 6.61 Å². The Bertz CT molecular complexity index is 586. The molecule has 0 aliphatic rings. The summed E-state index contributed by atoms with van der Waals surface area (Å²) in [5.74, 6) is 1.08. The van der Waals surface area contributed by atoms with E-state index < -0.39 is 6.61 Å². The Hall–Kier alpha value is -1.95. The molecule has 0 amide bonds. The van der Waals surface area contributed by atoms with Crippen LogP contribution in [0, 0.1) is 0 Å². The highest BCUT2D eigenvalue weighted by Crippen LogP contribution is 2.28. The van der Waals surface area contributed by atoms with Gasteiger partial charge < -0.3 is 14.6 Å². The number of nitrogens with one attached hydrogen (secondary N) is 1. The lowest BCUT2D eigenvalue weighted by Crippen LogP contribution is -2.25. The van der Waals surface area contributed by atoms with Crippen LogP contribution in [-0.4, -0.2) is 16.2 Å². The summed E-state index contributed by atoms with van der Waals surface area (Å²) in [5.41, 5.74) is 0.693. The zero-order chi connectivity index (χ0) is 15.4. The van der Waals surface area contributed by atoms with Gasteiger partial charge in [-0.2, -0.15) is 8.78 Å². The fourth-order valence-electron chi connectivity index (χ4n) is 2.38. The summed E-state index contributed by atoms with van der Waals surface area (Å²) >= 11 is 0. The summed E-state index contributed by atoms with van der Waals surface area (Å²) in [4.78, 5) is 4.28. The molecule has 0 fully saturated rings. The van der Waals surface area contributed by atoms with E-state index in [9.17, 15) is 8.78 Å². The SMILES string of the molecule is CC(NC(C)c1nccn1C)c1ccccc1OC(F)F. The second-order valence-corrected chi connectivity index (χ2v) is 4.92. The summed E-state index contributed by atoms with van der Waals surface area (Å²) in [6.07, 6.45) is 3.60. The number of aryl methyl sites for hydroxylation is 1. The molecule has 0 saturated heterocycles. The van der Waals surface area contributed by atoms with Crippen LogP contribution in [0.15, 0.2) is 36.7 Å². The molecule has 2 atom stereocenters. The van der Waals surface area contributed by atoms with Crippen LogP contribution < -0.4 is 10.1 Å². The van der Waals surface area contributed by atoms with E-state index in [2.05, 4.69) is 15.0 Å². The third-order valence-electron chi connectivity index (χ3n) is 3.35. The van der Waals surface area contributed by atoms with Crippen LogP contribution in [0.4, 0.5) is 8.78 Å². The van der Waals surface area contributed by atoms with Gasteiger partial charge in [0.05, 0.1) is 6.04 Å². The Kier molecular flexibility index (Phi) is 4.90. The van der Waals surface area contributed by atoms with Crippen molar-refractivity contribution in [2.45, 2.75) is 32.5 Å². The lowest BCUT2D eigenvalue weighted by atomic mass is 10.1. The van der Waals surface area contributed by atoms with Crippen molar-refractivity contribution < 1.29 is 13.5 Å². The first kappa shape index (κ1) is 15.4. The molecule has 6 heteroatoms. The average molecular weight is 295 g/mol. The van der Waals surface area contributed by atoms with Crippen molar-refractivity contribution in [3.05, 3.63) is 48.0 Å². The summed E-state index contributed by atoms with van der Waals surface area (Å²) in [6.45, 7) is 1.06. The van der Waals surface area contributed by atoms with Gasteiger partial charge in [0.15, 0.2) is 0 Å². The zero-order valence-corrected chi connectivity index (χ0v) is 12.3. The molecular weight excluding hydrogens is 276 g/mol. The molecule has 2 rings (SSSR count). The third-order valence-corrected chi connectivity index (χ3v) is 3.35. The molecule has 0 aliphatic heterocycles. The number of nitrogens with zero attached hydrogens (tertiary/aromatic N) is 2. The predicted molar refractivity (Wildman–Crippen MR) is 76.2 cm³/mol. The summed E-state index contributed by atoms with van der Waals surface area (Å²) in [6, 6.07) is 6.64. The molecule has 1 heterocycles. The monoisotopic (exact) mass is 295 g/mol. The first-order chi connectivity index (χ1) is 9.99. The zero-order valence-electron chi connectivity index (χ0n) is 12.3. The van der Waals surface area contributed by atoms with Gasteiger partial charge in [-0.1, -0.05) is 18.2 Å². The van der Waals surface area contributed by atoms with Crippen LogP contribution in [0.2, 0.25) is 0 Å². The molecule has 0 spiro atoms. The second kappa shape index (κ2) is 6.67. The van der Waals surface area contributed by atoms with Crippen molar-refractivity contribution in [1.82, 2.24) is 14.9 Å². The molecular formula is C15H19F2N3O. The van der Waals surface area contributed by atoms with Gasteiger partial charge in [-0.05, 0) is 19.9 Å². The van der Waals surface area contributed by atoms with Crippen molar-refractivity contribution in [2.24, 2.45) is 7.05 Å². The Balaban J connectivity index is 2.13. The molecule has 4 nitrogen and oxygen atoms in total. The molecule has 1 aromatic heterocycles. The topological polar surface area (TPSA) is 39.1 Å². The molecule has 0 saturated carbocycles. The maximum Gasteiger partial charge on any atom is 0.387 e. The number of alkyl halides is 2. The van der Waals surface area contributed by atoms with Crippen LogP contribution >= 0.6 is 0 Å². The van der Waals surface area contributed by atoms with Crippen LogP contribution in [0.3, 0.4) is 0 Å². The van der Waals surface area contributed by atoms with Gasteiger partial charge in [0.1, 0.15) is 11.6 Å². The van der Waals surface area contributed by atoms with Crippen molar-refractivity contribution in [2.75, 3.05) is 0 Å². The predicted octanol–water partition coefficient (Wildman–Crippen LogP) is 3.43. The molecule has 1 aromatic carbocycles. The fourth-order valence-corrected chi connectivity index (χ4v) is 2.38. The number of ether oxygens (including phenoxy) is 1. The average Bonchev–Trinajstić information content (AvgIpc) is 2.85. The van der Waals surface area contributed by atoms with E-state index in [1.807, 2.05) is 31.7 Å². The van der Waals surface area contributed by atoms with Crippen LogP contribution in [0.5, 0.6) is 5.75 Å². The van der Waals surface area contributed by atoms with Crippen molar-refractivity contribution in [1.29, 1.82) is 0 Å². The molecule has 114 valence electrons. The number of para-hydroxylation sites is 1. The Morgan fingerprint density at radius 3 is 2.52 bits per heavy atom. The summed E-state index contributed by atoms with van der Waals surface area (Å²) in [5, 5.41) is 3.34. The lowest BCUT2D eigenvalue weighted by molar-refractivity contribution is -0.0506. The molecule has 21 heavy (non-hydrogen) atoms. The second-order valence-electron chi connectivity index (χ2n) is 4.92. The quantitative estimate of drug-likeness (QED) is 0.887. The maximum atomic E-state index is 12.4. The van der Waals surface area contributed by atoms with Crippen LogP contribution in [0.1, 0.15) is 37.3 Å². The first-order valence-corrected chi connectivity index (χ1v) is 6.76. The van der Waals surface area contributed by atoms with E-state index in [0.717, 1.165) is 5.82 Å². The molecule has 2 unspecified atom stereocenters. The number of rotatable bonds is 6. The van der Waals surface area contributed by atoms with Crippen LogP contribution in [0.25, 0.3) is 0 Å². The molecule has 0 radical (unpaired) electrons. The van der Waals surface area contributed by atoms with Crippen molar-refractivity contribution >= 4 is 0 Å². The van der Waals surface area contributed by atoms with E-state index in [1.165, 1.54) is 0 Å². The maximum absolute atomic E-state index is 12.4. The van der Waals surface area contributed by atoms with Gasteiger partial charge in [0.2, 0.25) is 0 Å². The highest BCUT2D eigenvalue weighted by Gasteiger charge is 2.18. The fraction of sp³-hybridized carbons (Fsp3) is 0.400. The van der Waals surface area contributed by atoms with Crippen molar-refractivity contribution in [3.63, 3.8) is 0 Å². The third kappa shape index (κ3) is 3.78. The molecule has 0 aliphatic carbocycles. The van der Waals surface area contributed by atoms with Crippen LogP contribution in [-0.2, 0) is 7.05 Å². The Morgan fingerprint density at radius 2 is 1.90 bits per heavy atom. The van der Waals surface area contributed by atoms with E-state index in [-0.39, 0.29) is 17.8 Å². The summed E-state index contributed by atoms with van der Waals surface area (Å²) < 4.78 is 31.4. The van der Waals surface area contributed by atoms with Gasteiger partial charge in [-0.25, -0.2) is 4.98 Å². The standard InChI is InChI=1S/C15H19F2N3O/c1-10(19-11(2)14-18-8-9-20(14)3)12-6-4-5-7-13(12)21-15(16)17/h4-11,15,19H,1-3H3. The van der Waals surface area contributed by atoms with Crippen molar-refractivity contribution in [3.8, 4) is 5.75 Å². The highest BCUT2D eigenvalue weighted by atomic mass is 19.3. The van der Waals surface area contributed by atoms with E-state index in [1.54, 1.807) is 30.5 Å². The normalized spacial score (nSPS) is 14.2. The van der Waals surface area contributed by atoms with Gasteiger partial charge in [-0.15, -0.1) is 0 Å². The number of aromatic nitrogens is 2. The number of benzene rings is 1. The minimum Gasteiger partial charge on any atom is -0.434 e. The van der Waals surface area contributed by atoms with Gasteiger partial charge in [-0.3, -0.25) is 0 Å². The largest absolute Gasteiger partial charge is 0.434 e. The Labute approximate surface area is 122 Å². The summed E-state index contributed by atoms with van der Waals surface area (Å²) in [7, 11) is 1.92. The lowest BCUT2D eigenvalue weighted by Gasteiger charge is -2.22. The smallest absolute Gasteiger partial charge is 0.387 e. The first-order valence-electron chi connectivity index (χ1n) is 6.76. The minimum absolute atomic E-state index is 0.0143. The van der Waals surface area contributed by atoms with E-state index in [0.29, 0.717) is 5.56 Å². The number of hydrogen-bond acceptors (Lipinski definition) is 3. The van der Waals surface area contributed by atoms with E-state index in [4.69, 9.17) is 0 Å². The number of halogens is 2. The molecule has 1 N–H and O–H groups in total. The molecule has 0 bridgehead atoms. The molecule has 2 aromatic rings. The highest BCUT2D eigenvalue weighted by molar-refractivity contribution is 5.35. The van der Waals surface area contributed by atoms with E-state index >= 15 is 0 Å². The minimum atomic E-state index is -2.83. The Morgan fingerprint density at radius 1 is 1.19 bits per heavy atom.